The van der Waals surface area contributed by atoms with Gasteiger partial charge in [-0.25, -0.2) is 9.78 Å². The highest BCUT2D eigenvalue weighted by molar-refractivity contribution is 5.92. The Balaban J connectivity index is 1.44. The van der Waals surface area contributed by atoms with Crippen LogP contribution in [0.25, 0.3) is 10.9 Å². The zero-order valence-electron chi connectivity index (χ0n) is 15.2. The van der Waals surface area contributed by atoms with Crippen LogP contribution in [0.2, 0.25) is 0 Å². The lowest BCUT2D eigenvalue weighted by atomic mass is 10.1. The summed E-state index contributed by atoms with van der Waals surface area (Å²) in [5.74, 6) is 1.79. The zero-order chi connectivity index (χ0) is 18.3. The standard InChI is InChI=1S/C18H23N7O/c1-11(2)25-10-14-8-15(4-5-16(14)23-25)20-18(26)24-7-6-13(9-24)17-19-12(3)21-22-17/h4-5,8,10-11,13H,6-7,9H2,1-3H3,(H,20,26)(H,19,21,22). The number of nitrogens with one attached hydrogen (secondary N) is 2. The summed E-state index contributed by atoms with van der Waals surface area (Å²) >= 11 is 0. The lowest BCUT2D eigenvalue weighted by molar-refractivity contribution is 0.222. The highest BCUT2D eigenvalue weighted by Gasteiger charge is 2.29. The Hall–Kier alpha value is -2.90. The summed E-state index contributed by atoms with van der Waals surface area (Å²) in [5.41, 5.74) is 1.71. The van der Waals surface area contributed by atoms with Crippen LogP contribution in [-0.4, -0.2) is 49.0 Å². The molecule has 136 valence electrons. The van der Waals surface area contributed by atoms with Gasteiger partial charge in [0, 0.05) is 42.3 Å². The Kier molecular flexibility index (Phi) is 4.10. The molecule has 1 atom stereocenters. The highest BCUT2D eigenvalue weighted by Crippen LogP contribution is 2.26. The van der Waals surface area contributed by atoms with E-state index in [0.29, 0.717) is 19.1 Å². The number of H-pyrrole nitrogens is 1. The van der Waals surface area contributed by atoms with Crippen LogP contribution in [0.5, 0.6) is 0 Å². The van der Waals surface area contributed by atoms with Gasteiger partial charge in [0.25, 0.3) is 0 Å². The number of carbonyl (C=O) groups is 1. The summed E-state index contributed by atoms with van der Waals surface area (Å²) in [4.78, 5) is 18.8. The topological polar surface area (TPSA) is 91.7 Å². The molecule has 0 bridgehead atoms. The minimum Gasteiger partial charge on any atom is -0.324 e. The van der Waals surface area contributed by atoms with Crippen molar-refractivity contribution in [3.8, 4) is 0 Å². The maximum absolute atomic E-state index is 12.6. The van der Waals surface area contributed by atoms with Crippen LogP contribution in [0, 0.1) is 6.92 Å². The summed E-state index contributed by atoms with van der Waals surface area (Å²) < 4.78 is 1.93. The smallest absolute Gasteiger partial charge is 0.321 e. The van der Waals surface area contributed by atoms with Gasteiger partial charge >= 0.3 is 6.03 Å². The van der Waals surface area contributed by atoms with Gasteiger partial charge in [0.05, 0.1) is 5.52 Å². The van der Waals surface area contributed by atoms with E-state index in [0.717, 1.165) is 34.7 Å². The molecule has 1 saturated heterocycles. The normalized spacial score (nSPS) is 17.4. The van der Waals surface area contributed by atoms with Gasteiger partial charge in [-0.05, 0) is 45.4 Å². The van der Waals surface area contributed by atoms with Gasteiger partial charge in [-0.1, -0.05) is 0 Å². The van der Waals surface area contributed by atoms with E-state index in [1.54, 1.807) is 0 Å². The first kappa shape index (κ1) is 16.6. The molecule has 26 heavy (non-hydrogen) atoms. The van der Waals surface area contributed by atoms with E-state index in [2.05, 4.69) is 39.4 Å². The first-order valence-corrected chi connectivity index (χ1v) is 8.93. The van der Waals surface area contributed by atoms with E-state index in [4.69, 9.17) is 0 Å². The molecular formula is C18H23N7O. The summed E-state index contributed by atoms with van der Waals surface area (Å²) in [6, 6.07) is 6.01. The fourth-order valence-electron chi connectivity index (χ4n) is 3.29. The van der Waals surface area contributed by atoms with E-state index in [1.165, 1.54) is 0 Å². The monoisotopic (exact) mass is 353 g/mol. The molecule has 1 aliphatic rings. The maximum atomic E-state index is 12.6. The van der Waals surface area contributed by atoms with Gasteiger partial charge in [-0.2, -0.15) is 10.2 Å². The highest BCUT2D eigenvalue weighted by atomic mass is 16.2. The second-order valence-corrected chi connectivity index (χ2v) is 7.12. The number of likely N-dealkylation sites (tertiary alicyclic amines) is 1. The van der Waals surface area contributed by atoms with Crippen LogP contribution in [0.1, 0.15) is 43.9 Å². The van der Waals surface area contributed by atoms with Crippen molar-refractivity contribution < 1.29 is 4.79 Å². The minimum absolute atomic E-state index is 0.0876. The first-order chi connectivity index (χ1) is 12.5. The molecule has 1 unspecified atom stereocenters. The Bertz CT molecular complexity index is 942. The number of aromatic amines is 1. The molecule has 0 aliphatic carbocycles. The molecule has 0 radical (unpaired) electrons. The SMILES string of the molecule is Cc1nc(C2CCN(C(=O)Nc3ccc4nn(C(C)C)cc4c3)C2)n[nH]1. The van der Waals surface area contributed by atoms with Crippen molar-refractivity contribution in [1.29, 1.82) is 0 Å². The number of aromatic nitrogens is 5. The number of nitrogens with zero attached hydrogens (tertiary/aromatic N) is 5. The van der Waals surface area contributed by atoms with Crippen molar-refractivity contribution in [1.82, 2.24) is 29.9 Å². The number of urea groups is 1. The molecule has 2 aromatic heterocycles. The number of aryl methyl sites for hydroxylation is 1. The van der Waals surface area contributed by atoms with Gasteiger partial charge in [-0.15, -0.1) is 0 Å². The number of anilines is 1. The molecule has 1 aliphatic heterocycles. The molecule has 8 heteroatoms. The second kappa shape index (κ2) is 6.44. The second-order valence-electron chi connectivity index (χ2n) is 7.12. The van der Waals surface area contributed by atoms with Crippen LogP contribution >= 0.6 is 0 Å². The third-order valence-corrected chi connectivity index (χ3v) is 4.76. The Morgan fingerprint density at radius 1 is 1.38 bits per heavy atom. The number of amides is 2. The van der Waals surface area contributed by atoms with Crippen LogP contribution in [0.4, 0.5) is 10.5 Å². The third-order valence-electron chi connectivity index (χ3n) is 4.76. The van der Waals surface area contributed by atoms with Crippen molar-refractivity contribution in [3.63, 3.8) is 0 Å². The molecule has 3 heterocycles. The molecule has 4 rings (SSSR count). The molecule has 8 nitrogen and oxygen atoms in total. The van der Waals surface area contributed by atoms with Crippen LogP contribution in [-0.2, 0) is 0 Å². The summed E-state index contributed by atoms with van der Waals surface area (Å²) in [6.07, 6.45) is 2.89. The predicted octanol–water partition coefficient (Wildman–Crippen LogP) is 3.07. The van der Waals surface area contributed by atoms with Crippen LogP contribution in [0.3, 0.4) is 0 Å². The van der Waals surface area contributed by atoms with E-state index in [-0.39, 0.29) is 11.9 Å². The van der Waals surface area contributed by atoms with Gasteiger partial charge in [0.2, 0.25) is 0 Å². The number of fused-ring (bicyclic) bond motifs is 1. The molecular weight excluding hydrogens is 330 g/mol. The largest absolute Gasteiger partial charge is 0.324 e. The minimum atomic E-state index is -0.0876. The Labute approximate surface area is 151 Å². The van der Waals surface area contributed by atoms with E-state index in [9.17, 15) is 4.79 Å². The van der Waals surface area contributed by atoms with E-state index < -0.39 is 0 Å². The van der Waals surface area contributed by atoms with Gasteiger partial charge in [-0.3, -0.25) is 9.78 Å². The number of rotatable bonds is 3. The average molecular weight is 353 g/mol. The van der Waals surface area contributed by atoms with Gasteiger partial charge in [0.15, 0.2) is 5.82 Å². The number of hydrogen-bond acceptors (Lipinski definition) is 4. The van der Waals surface area contributed by atoms with Crippen LogP contribution < -0.4 is 5.32 Å². The van der Waals surface area contributed by atoms with Crippen molar-refractivity contribution in [2.75, 3.05) is 18.4 Å². The number of benzene rings is 1. The summed E-state index contributed by atoms with van der Waals surface area (Å²) in [7, 11) is 0. The summed E-state index contributed by atoms with van der Waals surface area (Å²) in [5, 5.41) is 15.6. The zero-order valence-corrected chi connectivity index (χ0v) is 15.2. The quantitative estimate of drug-likeness (QED) is 0.757. The molecule has 1 fully saturated rings. The van der Waals surface area contributed by atoms with Gasteiger partial charge in [0.1, 0.15) is 5.82 Å². The van der Waals surface area contributed by atoms with Crippen molar-refractivity contribution in [2.24, 2.45) is 0 Å². The molecule has 2 amide bonds. The fraction of sp³-hybridized carbons (Fsp3) is 0.444. The van der Waals surface area contributed by atoms with Crippen molar-refractivity contribution in [2.45, 2.75) is 39.2 Å². The van der Waals surface area contributed by atoms with E-state index >= 15 is 0 Å². The Morgan fingerprint density at radius 3 is 2.96 bits per heavy atom. The lowest BCUT2D eigenvalue weighted by Crippen LogP contribution is -2.32. The Morgan fingerprint density at radius 2 is 2.23 bits per heavy atom. The number of hydrogen-bond donors (Lipinski definition) is 2. The van der Waals surface area contributed by atoms with E-state index in [1.807, 2.05) is 40.9 Å². The van der Waals surface area contributed by atoms with Crippen LogP contribution in [0.15, 0.2) is 24.4 Å². The molecule has 0 saturated carbocycles. The van der Waals surface area contributed by atoms with Crippen molar-refractivity contribution >= 4 is 22.6 Å². The molecule has 1 aromatic carbocycles. The number of carbonyl (C=O) groups excluding carboxylic acids is 1. The lowest BCUT2D eigenvalue weighted by Gasteiger charge is -2.17. The maximum Gasteiger partial charge on any atom is 0.321 e. The average Bonchev–Trinajstić information content (AvgIpc) is 3.32. The predicted molar refractivity (Wildman–Crippen MR) is 99.2 cm³/mol. The molecule has 0 spiro atoms. The van der Waals surface area contributed by atoms with Gasteiger partial charge < -0.3 is 10.2 Å². The third kappa shape index (κ3) is 3.14. The van der Waals surface area contributed by atoms with Crippen molar-refractivity contribution in [3.05, 3.63) is 36.0 Å². The first-order valence-electron chi connectivity index (χ1n) is 8.93. The summed E-state index contributed by atoms with van der Waals surface area (Å²) in [6.45, 7) is 7.41. The molecule has 2 N–H and O–H groups in total. The molecule has 3 aromatic rings. The fourth-order valence-corrected chi connectivity index (χ4v) is 3.29.